The predicted molar refractivity (Wildman–Crippen MR) is 115 cm³/mol. The summed E-state index contributed by atoms with van der Waals surface area (Å²) in [5.41, 5.74) is -0.185. The first-order valence-corrected chi connectivity index (χ1v) is 12.3. The molecule has 0 aliphatic heterocycles. The molecule has 0 aromatic heterocycles. The molecule has 0 spiro atoms. The van der Waals surface area contributed by atoms with Gasteiger partial charge in [-0.15, -0.1) is 0 Å². The largest absolute Gasteiger partial charge is 0.481 e. The third-order valence-corrected chi connectivity index (χ3v) is 10.8. The molecule has 5 nitrogen and oxygen atoms in total. The number of fused-ring (bicyclic) bond motifs is 5. The van der Waals surface area contributed by atoms with Crippen LogP contribution < -0.4 is 0 Å². The van der Waals surface area contributed by atoms with Crippen molar-refractivity contribution >= 4 is 5.97 Å². The Morgan fingerprint density at radius 3 is 2.40 bits per heavy atom. The third kappa shape index (κ3) is 3.17. The van der Waals surface area contributed by atoms with Crippen molar-refractivity contribution < 1.29 is 25.2 Å². The number of aliphatic carboxylic acids is 1. The summed E-state index contributed by atoms with van der Waals surface area (Å²) in [6, 6.07) is 0. The van der Waals surface area contributed by atoms with Crippen LogP contribution in [0.4, 0.5) is 0 Å². The number of hydrogen-bond acceptors (Lipinski definition) is 4. The van der Waals surface area contributed by atoms with Crippen LogP contribution in [0.15, 0.2) is 0 Å². The number of carbonyl (C=O) groups is 1. The van der Waals surface area contributed by atoms with E-state index in [4.69, 9.17) is 5.11 Å². The van der Waals surface area contributed by atoms with Crippen molar-refractivity contribution in [2.75, 3.05) is 0 Å². The molecule has 4 saturated carbocycles. The molecule has 12 atom stereocenters. The highest BCUT2D eigenvalue weighted by Crippen LogP contribution is 2.69. The first kappa shape index (κ1) is 22.5. The van der Waals surface area contributed by atoms with E-state index in [9.17, 15) is 20.1 Å². The second-order valence-corrected chi connectivity index (χ2v) is 11.9. The molecule has 0 saturated heterocycles. The molecule has 4 aliphatic carbocycles. The zero-order valence-corrected chi connectivity index (χ0v) is 19.1. The lowest BCUT2D eigenvalue weighted by Gasteiger charge is -2.65. The number of carboxylic acid groups (broad SMARTS) is 1. The molecular weight excluding hydrogens is 380 g/mol. The van der Waals surface area contributed by atoms with Gasteiger partial charge in [0, 0.05) is 6.42 Å². The van der Waals surface area contributed by atoms with Gasteiger partial charge in [0.25, 0.3) is 0 Å². The zero-order chi connectivity index (χ0) is 22.0. The van der Waals surface area contributed by atoms with Crippen LogP contribution in [0.1, 0.15) is 79.1 Å². The molecule has 4 N–H and O–H groups in total. The van der Waals surface area contributed by atoms with Crippen LogP contribution in [-0.4, -0.2) is 44.7 Å². The highest BCUT2D eigenvalue weighted by Gasteiger charge is 2.67. The van der Waals surface area contributed by atoms with Crippen LogP contribution in [0.5, 0.6) is 0 Å². The van der Waals surface area contributed by atoms with Gasteiger partial charge in [0.1, 0.15) is 0 Å². The number of aliphatic hydroxyl groups is 3. The Balaban J connectivity index is 1.64. The maximum Gasteiger partial charge on any atom is 0.303 e. The summed E-state index contributed by atoms with van der Waals surface area (Å²) in [7, 11) is 0. The Labute approximate surface area is 181 Å². The zero-order valence-electron chi connectivity index (χ0n) is 19.1. The summed E-state index contributed by atoms with van der Waals surface area (Å²) >= 11 is 0. The van der Waals surface area contributed by atoms with Crippen LogP contribution in [0.25, 0.3) is 0 Å². The van der Waals surface area contributed by atoms with Crippen LogP contribution >= 0.6 is 0 Å². The lowest BCUT2D eigenvalue weighted by Crippen LogP contribution is -2.64. The monoisotopic (exact) mass is 422 g/mol. The fraction of sp³-hybridized carbons (Fsp3) is 0.960. The summed E-state index contributed by atoms with van der Waals surface area (Å²) in [6.45, 7) is 8.91. The Kier molecular flexibility index (Phi) is 5.81. The second-order valence-electron chi connectivity index (χ2n) is 11.9. The van der Waals surface area contributed by atoms with E-state index < -0.39 is 12.1 Å². The lowest BCUT2D eigenvalue weighted by molar-refractivity contribution is -0.225. The fourth-order valence-electron chi connectivity index (χ4n) is 9.13. The summed E-state index contributed by atoms with van der Waals surface area (Å²) in [5.74, 6) is 1.05. The smallest absolute Gasteiger partial charge is 0.303 e. The van der Waals surface area contributed by atoms with E-state index >= 15 is 0 Å². The molecule has 4 fully saturated rings. The van der Waals surface area contributed by atoms with E-state index in [0.717, 1.165) is 38.5 Å². The van der Waals surface area contributed by atoms with Gasteiger partial charge in [0.15, 0.2) is 0 Å². The highest BCUT2D eigenvalue weighted by atomic mass is 16.4. The third-order valence-electron chi connectivity index (χ3n) is 10.8. The van der Waals surface area contributed by atoms with Gasteiger partial charge in [-0.2, -0.15) is 0 Å². The first-order chi connectivity index (χ1) is 14.0. The van der Waals surface area contributed by atoms with Crippen LogP contribution in [0.3, 0.4) is 0 Å². The van der Waals surface area contributed by atoms with Crippen LogP contribution in [0.2, 0.25) is 0 Å². The summed E-state index contributed by atoms with van der Waals surface area (Å²) < 4.78 is 0. The lowest BCUT2D eigenvalue weighted by atomic mass is 9.41. The number of carboxylic acids is 1. The topological polar surface area (TPSA) is 98.0 Å². The molecule has 4 aliphatic rings. The van der Waals surface area contributed by atoms with Gasteiger partial charge in [0.05, 0.1) is 18.3 Å². The Morgan fingerprint density at radius 2 is 1.73 bits per heavy atom. The van der Waals surface area contributed by atoms with E-state index in [1.54, 1.807) is 0 Å². The fourth-order valence-corrected chi connectivity index (χ4v) is 9.13. The van der Waals surface area contributed by atoms with Crippen molar-refractivity contribution in [3.63, 3.8) is 0 Å². The molecule has 0 radical (unpaired) electrons. The molecule has 0 heterocycles. The van der Waals surface area contributed by atoms with E-state index in [1.165, 1.54) is 0 Å². The molecule has 0 amide bonds. The summed E-state index contributed by atoms with van der Waals surface area (Å²) in [6.07, 6.45) is 5.11. The standard InChI is InChI=1S/C25H42O5/c1-13(5-8-21(28)29)16-6-7-17-22-19(12-20(27)25(16,17)4)24(3)10-9-15(26)11-18(24)14(2)23(22)30/h13-20,22-23,26-27,30H,5-12H2,1-4H3,(H,28,29). The molecule has 12 unspecified atom stereocenters. The SMILES string of the molecule is CC(CCC(=O)O)C1CCC2C3C(O)C(C)C4CC(O)CCC4(C)C3CC(O)C12C. The van der Waals surface area contributed by atoms with Crippen LogP contribution in [0, 0.1) is 52.3 Å². The molecule has 172 valence electrons. The molecular formula is C25H42O5. The second kappa shape index (κ2) is 7.74. The van der Waals surface area contributed by atoms with Gasteiger partial charge in [-0.3, -0.25) is 4.79 Å². The van der Waals surface area contributed by atoms with Crippen molar-refractivity contribution in [1.29, 1.82) is 0 Å². The van der Waals surface area contributed by atoms with Gasteiger partial charge in [-0.05, 0) is 97.2 Å². The Hall–Kier alpha value is -0.650. The molecule has 0 bridgehead atoms. The van der Waals surface area contributed by atoms with Crippen molar-refractivity contribution in [1.82, 2.24) is 0 Å². The van der Waals surface area contributed by atoms with Gasteiger partial charge in [-0.25, -0.2) is 0 Å². The van der Waals surface area contributed by atoms with E-state index in [1.807, 2.05) is 0 Å². The molecule has 0 aromatic rings. The number of hydrogen-bond donors (Lipinski definition) is 4. The van der Waals surface area contributed by atoms with Crippen molar-refractivity contribution in [2.24, 2.45) is 52.3 Å². The Bertz CT molecular complexity index is 666. The average Bonchev–Trinajstić information content (AvgIpc) is 3.05. The minimum atomic E-state index is -0.749. The minimum absolute atomic E-state index is 0.0673. The van der Waals surface area contributed by atoms with E-state index in [0.29, 0.717) is 24.2 Å². The van der Waals surface area contributed by atoms with E-state index in [-0.39, 0.29) is 53.1 Å². The van der Waals surface area contributed by atoms with Gasteiger partial charge < -0.3 is 20.4 Å². The van der Waals surface area contributed by atoms with Gasteiger partial charge in [-0.1, -0.05) is 27.7 Å². The molecule has 0 aromatic carbocycles. The average molecular weight is 423 g/mol. The molecule has 4 rings (SSSR count). The first-order valence-electron chi connectivity index (χ1n) is 12.3. The maximum absolute atomic E-state index is 11.5. The van der Waals surface area contributed by atoms with Crippen molar-refractivity contribution in [2.45, 2.75) is 97.4 Å². The van der Waals surface area contributed by atoms with Crippen molar-refractivity contribution in [3.8, 4) is 0 Å². The summed E-state index contributed by atoms with van der Waals surface area (Å²) in [4.78, 5) is 11.1. The number of aliphatic hydroxyl groups excluding tert-OH is 3. The molecule has 5 heteroatoms. The minimum Gasteiger partial charge on any atom is -0.481 e. The van der Waals surface area contributed by atoms with Crippen LogP contribution in [-0.2, 0) is 4.79 Å². The van der Waals surface area contributed by atoms with Gasteiger partial charge in [0.2, 0.25) is 0 Å². The Morgan fingerprint density at radius 1 is 1.03 bits per heavy atom. The maximum atomic E-state index is 11.5. The normalized spacial score (nSPS) is 54.0. The highest BCUT2D eigenvalue weighted by molar-refractivity contribution is 5.66. The van der Waals surface area contributed by atoms with Crippen molar-refractivity contribution in [3.05, 3.63) is 0 Å². The van der Waals surface area contributed by atoms with E-state index in [2.05, 4.69) is 27.7 Å². The summed E-state index contributed by atoms with van der Waals surface area (Å²) in [5, 5.41) is 42.5. The van der Waals surface area contributed by atoms with Gasteiger partial charge >= 0.3 is 5.97 Å². The predicted octanol–water partition coefficient (Wildman–Crippen LogP) is 3.69. The molecule has 30 heavy (non-hydrogen) atoms. The number of rotatable bonds is 4. The quantitative estimate of drug-likeness (QED) is 0.554.